The van der Waals surface area contributed by atoms with E-state index >= 15 is 0 Å². The van der Waals surface area contributed by atoms with Crippen molar-refractivity contribution in [2.75, 3.05) is 0 Å². The van der Waals surface area contributed by atoms with Crippen LogP contribution in [0.25, 0.3) is 0 Å². The van der Waals surface area contributed by atoms with Gasteiger partial charge in [-0.25, -0.2) is 0 Å². The summed E-state index contributed by atoms with van der Waals surface area (Å²) in [6.07, 6.45) is 0.879. The number of carbonyl (C=O) groups excluding carboxylic acids is 1. The van der Waals surface area contributed by atoms with Crippen molar-refractivity contribution in [2.45, 2.75) is 6.42 Å². The van der Waals surface area contributed by atoms with Crippen molar-refractivity contribution >= 4 is 23.6 Å². The van der Waals surface area contributed by atoms with Crippen LogP contribution in [0.3, 0.4) is 0 Å². The standard InChI is InChI=1S/C8H6ClNO3/c9-8-5-7(10(12)13)2-1-6(8)3-4-11/h1-2,4-5H,3H2. The van der Waals surface area contributed by atoms with E-state index in [4.69, 9.17) is 11.6 Å². The Morgan fingerprint density at radius 3 is 2.69 bits per heavy atom. The van der Waals surface area contributed by atoms with Crippen LogP contribution in [-0.4, -0.2) is 11.2 Å². The van der Waals surface area contributed by atoms with Gasteiger partial charge in [0, 0.05) is 18.6 Å². The monoisotopic (exact) mass is 199 g/mol. The van der Waals surface area contributed by atoms with Gasteiger partial charge in [0.15, 0.2) is 0 Å². The summed E-state index contributed by atoms with van der Waals surface area (Å²) in [5.74, 6) is 0. The molecule has 0 N–H and O–H groups in total. The average Bonchev–Trinajstić information content (AvgIpc) is 2.08. The number of rotatable bonds is 3. The predicted molar refractivity (Wildman–Crippen MR) is 47.9 cm³/mol. The number of carbonyl (C=O) groups is 1. The van der Waals surface area contributed by atoms with Gasteiger partial charge in [-0.05, 0) is 5.56 Å². The molecule has 0 atom stereocenters. The lowest BCUT2D eigenvalue weighted by molar-refractivity contribution is -0.384. The van der Waals surface area contributed by atoms with Gasteiger partial charge in [0.25, 0.3) is 5.69 Å². The summed E-state index contributed by atoms with van der Waals surface area (Å²) in [6.45, 7) is 0. The van der Waals surface area contributed by atoms with Gasteiger partial charge in [-0.15, -0.1) is 0 Å². The number of benzene rings is 1. The molecule has 0 saturated carbocycles. The maximum Gasteiger partial charge on any atom is 0.270 e. The molecule has 1 aromatic carbocycles. The number of hydrogen-bond acceptors (Lipinski definition) is 3. The normalized spacial score (nSPS) is 9.62. The van der Waals surface area contributed by atoms with Crippen LogP contribution < -0.4 is 0 Å². The SMILES string of the molecule is O=CCc1ccc([N+](=O)[O-])cc1Cl. The van der Waals surface area contributed by atoms with E-state index < -0.39 is 4.92 Å². The molecular formula is C8H6ClNO3. The number of nitrogens with zero attached hydrogens (tertiary/aromatic N) is 1. The van der Waals surface area contributed by atoms with Crippen LogP contribution in [-0.2, 0) is 11.2 Å². The quantitative estimate of drug-likeness (QED) is 0.425. The molecule has 4 nitrogen and oxygen atoms in total. The molecule has 0 aliphatic heterocycles. The minimum absolute atomic E-state index is 0.0698. The van der Waals surface area contributed by atoms with Crippen molar-refractivity contribution in [3.05, 3.63) is 38.9 Å². The fourth-order valence-electron chi connectivity index (χ4n) is 0.905. The van der Waals surface area contributed by atoms with E-state index in [1.54, 1.807) is 0 Å². The molecule has 0 aliphatic carbocycles. The largest absolute Gasteiger partial charge is 0.303 e. The predicted octanol–water partition coefficient (Wildman–Crippen LogP) is 1.99. The third-order valence-corrected chi connectivity index (χ3v) is 1.90. The fraction of sp³-hybridized carbons (Fsp3) is 0.125. The number of aldehydes is 1. The summed E-state index contributed by atoms with van der Waals surface area (Å²) in [6, 6.07) is 4.04. The van der Waals surface area contributed by atoms with Gasteiger partial charge in [0.2, 0.25) is 0 Å². The Morgan fingerprint density at radius 1 is 1.54 bits per heavy atom. The van der Waals surface area contributed by atoms with E-state index in [2.05, 4.69) is 0 Å². The van der Waals surface area contributed by atoms with Gasteiger partial charge in [-0.1, -0.05) is 17.7 Å². The zero-order valence-corrected chi connectivity index (χ0v) is 7.32. The molecule has 68 valence electrons. The second kappa shape index (κ2) is 4.00. The Balaban J connectivity index is 3.04. The van der Waals surface area contributed by atoms with Crippen LogP contribution >= 0.6 is 11.6 Å². The second-order valence-electron chi connectivity index (χ2n) is 2.40. The highest BCUT2D eigenvalue weighted by molar-refractivity contribution is 6.31. The number of nitro benzene ring substituents is 1. The number of hydrogen-bond donors (Lipinski definition) is 0. The van der Waals surface area contributed by atoms with E-state index in [1.165, 1.54) is 18.2 Å². The maximum absolute atomic E-state index is 10.3. The number of halogens is 1. The summed E-state index contributed by atoms with van der Waals surface area (Å²) in [5, 5.41) is 10.6. The van der Waals surface area contributed by atoms with E-state index in [9.17, 15) is 14.9 Å². The highest BCUT2D eigenvalue weighted by atomic mass is 35.5. The van der Waals surface area contributed by atoms with Crippen LogP contribution in [0.5, 0.6) is 0 Å². The Bertz CT molecular complexity index is 351. The highest BCUT2D eigenvalue weighted by Crippen LogP contribution is 2.22. The molecule has 0 spiro atoms. The van der Waals surface area contributed by atoms with Crippen LogP contribution in [0.15, 0.2) is 18.2 Å². The minimum atomic E-state index is -0.531. The van der Waals surface area contributed by atoms with E-state index in [0.29, 0.717) is 11.8 Å². The summed E-state index contributed by atoms with van der Waals surface area (Å²) in [4.78, 5) is 19.9. The van der Waals surface area contributed by atoms with E-state index in [0.717, 1.165) is 0 Å². The Hall–Kier alpha value is -1.42. The van der Waals surface area contributed by atoms with Crippen LogP contribution in [0, 0.1) is 10.1 Å². The molecule has 13 heavy (non-hydrogen) atoms. The molecular weight excluding hydrogens is 194 g/mol. The lowest BCUT2D eigenvalue weighted by Crippen LogP contribution is -1.91. The van der Waals surface area contributed by atoms with Gasteiger partial charge in [-0.2, -0.15) is 0 Å². The van der Waals surface area contributed by atoms with Gasteiger partial charge in [-0.3, -0.25) is 10.1 Å². The van der Waals surface area contributed by atoms with Crippen molar-refractivity contribution in [3.63, 3.8) is 0 Å². The average molecular weight is 200 g/mol. The fourth-order valence-corrected chi connectivity index (χ4v) is 1.16. The number of non-ortho nitro benzene ring substituents is 1. The minimum Gasteiger partial charge on any atom is -0.303 e. The first kappa shape index (κ1) is 9.67. The van der Waals surface area contributed by atoms with Crippen LogP contribution in [0.1, 0.15) is 5.56 Å². The molecule has 0 radical (unpaired) electrons. The highest BCUT2D eigenvalue weighted by Gasteiger charge is 2.08. The van der Waals surface area contributed by atoms with Crippen molar-refractivity contribution in [3.8, 4) is 0 Å². The molecule has 1 aromatic rings. The third-order valence-electron chi connectivity index (χ3n) is 1.55. The molecule has 0 aromatic heterocycles. The first-order valence-corrected chi connectivity index (χ1v) is 3.89. The lowest BCUT2D eigenvalue weighted by Gasteiger charge is -1.98. The lowest BCUT2D eigenvalue weighted by atomic mass is 10.1. The molecule has 0 fully saturated rings. The zero-order chi connectivity index (χ0) is 9.84. The van der Waals surface area contributed by atoms with Crippen molar-refractivity contribution in [1.29, 1.82) is 0 Å². The first-order valence-electron chi connectivity index (χ1n) is 3.51. The van der Waals surface area contributed by atoms with Gasteiger partial charge < -0.3 is 4.79 Å². The maximum atomic E-state index is 10.3. The van der Waals surface area contributed by atoms with Crippen LogP contribution in [0.2, 0.25) is 5.02 Å². The van der Waals surface area contributed by atoms with Crippen molar-refractivity contribution < 1.29 is 9.72 Å². The zero-order valence-electron chi connectivity index (χ0n) is 6.57. The van der Waals surface area contributed by atoms with Crippen LogP contribution in [0.4, 0.5) is 5.69 Å². The summed E-state index contributed by atoms with van der Waals surface area (Å²) in [7, 11) is 0. The van der Waals surface area contributed by atoms with Crippen molar-refractivity contribution in [2.24, 2.45) is 0 Å². The Labute approximate surface area is 79.3 Å². The molecule has 0 unspecified atom stereocenters. The molecule has 0 bridgehead atoms. The molecule has 1 rings (SSSR count). The Morgan fingerprint density at radius 2 is 2.23 bits per heavy atom. The molecule has 0 aliphatic rings. The summed E-state index contributed by atoms with van der Waals surface area (Å²) >= 11 is 5.69. The van der Waals surface area contributed by atoms with Gasteiger partial charge >= 0.3 is 0 Å². The Kier molecular flexibility index (Phi) is 2.97. The molecule has 0 saturated heterocycles. The first-order chi connectivity index (χ1) is 6.15. The topological polar surface area (TPSA) is 60.2 Å². The van der Waals surface area contributed by atoms with Gasteiger partial charge in [0.1, 0.15) is 6.29 Å². The molecule has 0 amide bonds. The molecule has 5 heteroatoms. The second-order valence-corrected chi connectivity index (χ2v) is 2.81. The summed E-state index contributed by atoms with van der Waals surface area (Å²) in [5.41, 5.74) is 0.530. The third kappa shape index (κ3) is 2.26. The van der Waals surface area contributed by atoms with E-state index in [1.807, 2.05) is 0 Å². The van der Waals surface area contributed by atoms with E-state index in [-0.39, 0.29) is 17.1 Å². The van der Waals surface area contributed by atoms with Crippen molar-refractivity contribution in [1.82, 2.24) is 0 Å². The number of nitro groups is 1. The molecule has 0 heterocycles. The van der Waals surface area contributed by atoms with Gasteiger partial charge in [0.05, 0.1) is 9.95 Å². The summed E-state index contributed by atoms with van der Waals surface area (Å²) < 4.78 is 0. The smallest absolute Gasteiger partial charge is 0.270 e.